The van der Waals surface area contributed by atoms with E-state index in [1.54, 1.807) is 0 Å². The summed E-state index contributed by atoms with van der Waals surface area (Å²) in [6.45, 7) is 1.36. The summed E-state index contributed by atoms with van der Waals surface area (Å²) in [5.41, 5.74) is 0. The van der Waals surface area contributed by atoms with Gasteiger partial charge in [-0.25, -0.2) is 0 Å². The highest BCUT2D eigenvalue weighted by atomic mass is 16.4. The molecule has 1 amide bonds. The van der Waals surface area contributed by atoms with Gasteiger partial charge in [-0.3, -0.25) is 4.79 Å². The van der Waals surface area contributed by atoms with Gasteiger partial charge in [0.1, 0.15) is 30.6 Å². The monoisotopic (exact) mass is 439 g/mol. The smallest absolute Gasteiger partial charge is 0.220 e. The van der Waals surface area contributed by atoms with Crippen LogP contribution in [0.15, 0.2) is 36.5 Å². The Morgan fingerprint density at radius 2 is 1.42 bits per heavy atom. The molecule has 4 atom stereocenters. The number of aliphatic hydroxyl groups excluding tert-OH is 4. The average molecular weight is 440 g/mol. The average Bonchev–Trinajstić information content (AvgIpc) is 2.78. The van der Waals surface area contributed by atoms with E-state index in [2.05, 4.69) is 48.7 Å². The molecular formula is C24H41NO6. The predicted molar refractivity (Wildman–Crippen MR) is 122 cm³/mol. The van der Waals surface area contributed by atoms with Gasteiger partial charge in [0.15, 0.2) is 0 Å². The van der Waals surface area contributed by atoms with Gasteiger partial charge in [0.25, 0.3) is 0 Å². The van der Waals surface area contributed by atoms with Gasteiger partial charge in [0.05, 0.1) is 6.61 Å². The van der Waals surface area contributed by atoms with Gasteiger partial charge < -0.3 is 30.5 Å². The second-order valence-electron chi connectivity index (χ2n) is 7.56. The van der Waals surface area contributed by atoms with Gasteiger partial charge in [0.2, 0.25) is 5.91 Å². The third kappa shape index (κ3) is 15.6. The lowest BCUT2D eigenvalue weighted by atomic mass is 10.0. The van der Waals surface area contributed by atoms with Gasteiger partial charge in [-0.1, -0.05) is 62.6 Å². The third-order valence-electron chi connectivity index (χ3n) is 4.83. The maximum atomic E-state index is 11.9. The van der Waals surface area contributed by atoms with E-state index >= 15 is 0 Å². The minimum Gasteiger partial charge on any atom is -0.394 e. The van der Waals surface area contributed by atoms with Gasteiger partial charge in [0, 0.05) is 6.42 Å². The van der Waals surface area contributed by atoms with Gasteiger partial charge in [-0.2, -0.15) is 0 Å². The largest absolute Gasteiger partial charge is 0.394 e. The molecule has 0 saturated carbocycles. The molecule has 7 nitrogen and oxygen atoms in total. The quantitative estimate of drug-likeness (QED) is 0.119. The normalized spacial score (nSPS) is 16.0. The molecule has 0 aromatic rings. The number of nitrogens with one attached hydrogen (secondary N) is 1. The summed E-state index contributed by atoms with van der Waals surface area (Å²) in [5, 5.41) is 40.0. The molecule has 0 unspecified atom stereocenters. The highest BCUT2D eigenvalue weighted by molar-refractivity contribution is 5.79. The minimum atomic E-state index is -1.73. The number of hydrogen-bond acceptors (Lipinski definition) is 6. The number of aliphatic hydroxyl groups is 4. The molecule has 0 aliphatic heterocycles. The van der Waals surface area contributed by atoms with Crippen LogP contribution in [0.2, 0.25) is 0 Å². The first-order valence-electron chi connectivity index (χ1n) is 11.3. The van der Waals surface area contributed by atoms with Crippen molar-refractivity contribution >= 4 is 12.2 Å². The van der Waals surface area contributed by atoms with E-state index in [0.29, 0.717) is 12.7 Å². The van der Waals surface area contributed by atoms with Crippen LogP contribution in [0.3, 0.4) is 0 Å². The van der Waals surface area contributed by atoms with Gasteiger partial charge >= 0.3 is 0 Å². The molecule has 0 aromatic heterocycles. The first-order chi connectivity index (χ1) is 15.0. The van der Waals surface area contributed by atoms with E-state index in [1.165, 1.54) is 0 Å². The molecule has 7 heteroatoms. The van der Waals surface area contributed by atoms with Crippen molar-refractivity contribution in [1.82, 2.24) is 5.32 Å². The summed E-state index contributed by atoms with van der Waals surface area (Å²) in [6.07, 6.45) is 17.4. The Morgan fingerprint density at radius 3 is 2.03 bits per heavy atom. The zero-order valence-electron chi connectivity index (χ0n) is 18.7. The molecule has 0 spiro atoms. The molecule has 0 heterocycles. The number of unbranched alkanes of at least 4 members (excludes halogenated alkanes) is 5. The number of carbonyl (C=O) groups excluding carboxylic acids is 2. The molecule has 0 aromatic carbocycles. The zero-order chi connectivity index (χ0) is 23.3. The lowest BCUT2D eigenvalue weighted by molar-refractivity contribution is -0.131. The minimum absolute atomic E-state index is 0.218. The Kier molecular flexibility index (Phi) is 19.0. The van der Waals surface area contributed by atoms with E-state index in [9.17, 15) is 24.9 Å². The van der Waals surface area contributed by atoms with E-state index in [-0.39, 0.29) is 6.42 Å². The Bertz CT molecular complexity index is 546. The van der Waals surface area contributed by atoms with Crippen LogP contribution in [0, 0.1) is 0 Å². The summed E-state index contributed by atoms with van der Waals surface area (Å²) in [6, 6.07) is -1.34. The highest BCUT2D eigenvalue weighted by Crippen LogP contribution is 2.09. The Balaban J connectivity index is 3.80. The topological polar surface area (TPSA) is 127 Å². The maximum Gasteiger partial charge on any atom is 0.220 e. The second-order valence-corrected chi connectivity index (χ2v) is 7.56. The molecule has 0 radical (unpaired) electrons. The zero-order valence-corrected chi connectivity index (χ0v) is 18.7. The van der Waals surface area contributed by atoms with Crippen LogP contribution in [-0.2, 0) is 9.59 Å². The fourth-order valence-corrected chi connectivity index (χ4v) is 2.91. The first kappa shape index (κ1) is 29.2. The van der Waals surface area contributed by atoms with Crippen molar-refractivity contribution in [3.05, 3.63) is 36.5 Å². The SMILES string of the molecule is CC/C=C\C/C=C\C/C=C\CCCCCCCC(=O)N[C@@H](C=O)[C@@H](O)[C@H](O)[C@H](O)CO. The standard InChI is InChI=1S/C24H41NO6/c1-2-3-4-5-6-7-8-9-10-11-12-13-14-15-16-17-22(29)25-20(18-26)23(30)24(31)21(28)19-27/h3-4,6-7,9-10,18,20-21,23-24,27-28,30-31H,2,5,8,11-17,19H2,1H3,(H,25,29)/b4-3-,7-6-,10-9-/t20-,21+,23+,24+/m0/s1. The highest BCUT2D eigenvalue weighted by Gasteiger charge is 2.31. The van der Waals surface area contributed by atoms with Crippen LogP contribution < -0.4 is 5.32 Å². The first-order valence-corrected chi connectivity index (χ1v) is 11.3. The summed E-state index contributed by atoms with van der Waals surface area (Å²) in [7, 11) is 0. The number of rotatable bonds is 19. The fraction of sp³-hybridized carbons (Fsp3) is 0.667. The van der Waals surface area contributed by atoms with Crippen LogP contribution in [0.25, 0.3) is 0 Å². The van der Waals surface area contributed by atoms with Crippen molar-refractivity contribution in [3.63, 3.8) is 0 Å². The molecule has 0 bridgehead atoms. The van der Waals surface area contributed by atoms with Crippen LogP contribution in [0.4, 0.5) is 0 Å². The lowest BCUT2D eigenvalue weighted by Crippen LogP contribution is -2.53. The molecule has 5 N–H and O–H groups in total. The summed E-state index contributed by atoms with van der Waals surface area (Å²) in [4.78, 5) is 23.0. The maximum absolute atomic E-state index is 11.9. The number of allylic oxidation sites excluding steroid dienone is 6. The molecule has 0 rings (SSSR count). The number of aldehydes is 1. The number of hydrogen-bond donors (Lipinski definition) is 5. The van der Waals surface area contributed by atoms with E-state index < -0.39 is 36.9 Å². The fourth-order valence-electron chi connectivity index (χ4n) is 2.91. The van der Waals surface area contributed by atoms with E-state index in [0.717, 1.165) is 51.4 Å². The van der Waals surface area contributed by atoms with Crippen molar-refractivity contribution in [3.8, 4) is 0 Å². The predicted octanol–water partition coefficient (Wildman–Crippen LogP) is 2.33. The van der Waals surface area contributed by atoms with Crippen LogP contribution >= 0.6 is 0 Å². The van der Waals surface area contributed by atoms with Crippen molar-refractivity contribution in [2.45, 2.75) is 95.5 Å². The summed E-state index contributed by atoms with van der Waals surface area (Å²) in [5.74, 6) is -0.400. The molecule has 0 aliphatic carbocycles. The molecule has 31 heavy (non-hydrogen) atoms. The Morgan fingerprint density at radius 1 is 0.839 bits per heavy atom. The lowest BCUT2D eigenvalue weighted by Gasteiger charge is -2.26. The molecule has 0 saturated heterocycles. The van der Waals surface area contributed by atoms with Crippen LogP contribution in [-0.4, -0.2) is 63.6 Å². The molecule has 178 valence electrons. The van der Waals surface area contributed by atoms with E-state index in [1.807, 2.05) is 0 Å². The van der Waals surface area contributed by atoms with Crippen molar-refractivity contribution < 1.29 is 30.0 Å². The molecule has 0 aliphatic rings. The third-order valence-corrected chi connectivity index (χ3v) is 4.83. The van der Waals surface area contributed by atoms with Crippen molar-refractivity contribution in [2.75, 3.05) is 6.61 Å². The van der Waals surface area contributed by atoms with Crippen molar-refractivity contribution in [1.29, 1.82) is 0 Å². The van der Waals surface area contributed by atoms with Crippen LogP contribution in [0.5, 0.6) is 0 Å². The number of amides is 1. The van der Waals surface area contributed by atoms with Crippen LogP contribution in [0.1, 0.15) is 71.1 Å². The Labute approximate surface area is 186 Å². The molecular weight excluding hydrogens is 398 g/mol. The van der Waals surface area contributed by atoms with Crippen molar-refractivity contribution in [2.24, 2.45) is 0 Å². The van der Waals surface area contributed by atoms with E-state index in [4.69, 9.17) is 5.11 Å². The Hall–Kier alpha value is -1.80. The van der Waals surface area contributed by atoms with Gasteiger partial charge in [-0.15, -0.1) is 0 Å². The summed E-state index contributed by atoms with van der Waals surface area (Å²) >= 11 is 0. The van der Waals surface area contributed by atoms with Gasteiger partial charge in [-0.05, 0) is 38.5 Å². The molecule has 0 fully saturated rings. The summed E-state index contributed by atoms with van der Waals surface area (Å²) < 4.78 is 0. The second kappa shape index (κ2) is 20.1. The number of carbonyl (C=O) groups is 2.